The number of carbonyl (C=O) groups is 3. The molecule has 7 nitrogen and oxygen atoms in total. The quantitative estimate of drug-likeness (QED) is 0.578. The molecule has 0 spiro atoms. The monoisotopic (exact) mass is 446 g/mol. The van der Waals surface area contributed by atoms with Crippen LogP contribution in [-0.4, -0.2) is 54.7 Å². The van der Waals surface area contributed by atoms with E-state index < -0.39 is 23.7 Å². The van der Waals surface area contributed by atoms with E-state index in [1.807, 2.05) is 30.3 Å². The highest BCUT2D eigenvalue weighted by atomic mass is 16.6. The Kier molecular flexibility index (Phi) is 10.0. The molecule has 2 rings (SSSR count). The van der Waals surface area contributed by atoms with Crippen molar-refractivity contribution >= 4 is 18.0 Å². The van der Waals surface area contributed by atoms with Gasteiger partial charge in [-0.1, -0.05) is 62.4 Å². The second-order valence-electron chi connectivity index (χ2n) is 9.52. The van der Waals surface area contributed by atoms with E-state index in [2.05, 4.69) is 5.32 Å². The lowest BCUT2D eigenvalue weighted by Crippen LogP contribution is -2.52. The highest BCUT2D eigenvalue weighted by Gasteiger charge is 2.30. The zero-order chi connectivity index (χ0) is 23.6. The van der Waals surface area contributed by atoms with E-state index in [9.17, 15) is 14.4 Å². The highest BCUT2D eigenvalue weighted by Crippen LogP contribution is 2.26. The van der Waals surface area contributed by atoms with E-state index in [0.29, 0.717) is 18.9 Å². The molecule has 1 fully saturated rings. The highest BCUT2D eigenvalue weighted by molar-refractivity contribution is 5.88. The molecule has 178 valence electrons. The average Bonchev–Trinajstić information content (AvgIpc) is 2.75. The van der Waals surface area contributed by atoms with Crippen LogP contribution in [0.15, 0.2) is 30.3 Å². The molecule has 2 amide bonds. The number of nitrogens with zero attached hydrogens (tertiary/aromatic N) is 1. The Labute approximate surface area is 191 Å². The molecular formula is C25H38N2O5. The van der Waals surface area contributed by atoms with Crippen molar-refractivity contribution in [2.45, 2.75) is 77.4 Å². The van der Waals surface area contributed by atoms with E-state index in [4.69, 9.17) is 9.47 Å². The summed E-state index contributed by atoms with van der Waals surface area (Å²) >= 11 is 0. The fourth-order valence-corrected chi connectivity index (χ4v) is 4.02. The van der Waals surface area contributed by atoms with E-state index in [1.165, 1.54) is 31.3 Å². The lowest BCUT2D eigenvalue weighted by atomic mass is 9.87. The fourth-order valence-electron chi connectivity index (χ4n) is 4.02. The summed E-state index contributed by atoms with van der Waals surface area (Å²) in [4.78, 5) is 39.6. The predicted molar refractivity (Wildman–Crippen MR) is 123 cm³/mol. The van der Waals surface area contributed by atoms with Gasteiger partial charge in [-0.2, -0.15) is 0 Å². The lowest BCUT2D eigenvalue weighted by Gasteiger charge is -2.30. The Morgan fingerprint density at radius 3 is 2.34 bits per heavy atom. The molecule has 1 aromatic carbocycles. The van der Waals surface area contributed by atoms with E-state index in [0.717, 1.165) is 24.8 Å². The molecule has 0 saturated heterocycles. The number of hydrogen-bond acceptors (Lipinski definition) is 5. The van der Waals surface area contributed by atoms with Crippen molar-refractivity contribution in [3.63, 3.8) is 0 Å². The summed E-state index contributed by atoms with van der Waals surface area (Å²) in [5.41, 5.74) is 0.226. The fraction of sp³-hybridized carbons (Fsp3) is 0.640. The Morgan fingerprint density at radius 1 is 1.09 bits per heavy atom. The van der Waals surface area contributed by atoms with Crippen molar-refractivity contribution in [1.29, 1.82) is 0 Å². The summed E-state index contributed by atoms with van der Waals surface area (Å²) in [6.45, 7) is 5.64. The number of amides is 2. The van der Waals surface area contributed by atoms with Gasteiger partial charge in [0.2, 0.25) is 5.91 Å². The number of rotatable bonds is 9. The van der Waals surface area contributed by atoms with Gasteiger partial charge in [0.25, 0.3) is 0 Å². The first-order valence-corrected chi connectivity index (χ1v) is 11.6. The van der Waals surface area contributed by atoms with Gasteiger partial charge in [0, 0.05) is 13.0 Å². The number of methoxy groups -OCH3 is 1. The average molecular weight is 447 g/mol. The molecule has 1 N–H and O–H groups in total. The van der Waals surface area contributed by atoms with Crippen molar-refractivity contribution in [3.05, 3.63) is 35.9 Å². The molecule has 1 unspecified atom stereocenters. The number of carbonyl (C=O) groups excluding carboxylic acids is 3. The lowest BCUT2D eigenvalue weighted by molar-refractivity contribution is -0.147. The second kappa shape index (κ2) is 12.5. The van der Waals surface area contributed by atoms with E-state index in [1.54, 1.807) is 20.8 Å². The number of benzene rings is 1. The van der Waals surface area contributed by atoms with Crippen molar-refractivity contribution in [1.82, 2.24) is 10.2 Å². The Hall–Kier alpha value is -2.57. The van der Waals surface area contributed by atoms with Crippen molar-refractivity contribution in [2.75, 3.05) is 20.2 Å². The van der Waals surface area contributed by atoms with Gasteiger partial charge in [-0.15, -0.1) is 0 Å². The van der Waals surface area contributed by atoms with Crippen LogP contribution in [0, 0.1) is 5.92 Å². The molecule has 0 aromatic heterocycles. The molecule has 7 heteroatoms. The standard InChI is InChI=1S/C25H38N2O5/c1-25(2,3)32-24(30)26-21(17-20-13-9-6-10-14-20)23(29)27(18-22(28)31-4)16-15-19-11-7-5-8-12-19/h6,9-10,13-14,19,21H,5,7-8,11-12,15-18H2,1-4H3,(H,26,30). The number of alkyl carbamates (subject to hydrolysis) is 1. The van der Waals surface area contributed by atoms with Gasteiger partial charge in [0.1, 0.15) is 18.2 Å². The Morgan fingerprint density at radius 2 is 1.75 bits per heavy atom. The first-order chi connectivity index (χ1) is 15.2. The van der Waals surface area contributed by atoms with Crippen LogP contribution in [-0.2, 0) is 25.5 Å². The normalized spacial score (nSPS) is 15.5. The molecule has 32 heavy (non-hydrogen) atoms. The van der Waals surface area contributed by atoms with Crippen molar-refractivity contribution < 1.29 is 23.9 Å². The molecular weight excluding hydrogens is 408 g/mol. The predicted octanol–water partition coefficient (Wildman–Crippen LogP) is 4.09. The van der Waals surface area contributed by atoms with Gasteiger partial charge in [-0.3, -0.25) is 9.59 Å². The van der Waals surface area contributed by atoms with Crippen LogP contribution in [0.25, 0.3) is 0 Å². The molecule has 1 saturated carbocycles. The zero-order valence-corrected chi connectivity index (χ0v) is 19.9. The number of hydrogen-bond donors (Lipinski definition) is 1. The number of ether oxygens (including phenoxy) is 2. The van der Waals surface area contributed by atoms with Crippen LogP contribution in [0.2, 0.25) is 0 Å². The third-order valence-electron chi connectivity index (χ3n) is 5.66. The third kappa shape index (κ3) is 9.28. The SMILES string of the molecule is COC(=O)CN(CCC1CCCCC1)C(=O)C(Cc1ccccc1)NC(=O)OC(C)(C)C. The molecule has 1 aliphatic rings. The molecule has 0 radical (unpaired) electrons. The second-order valence-corrected chi connectivity index (χ2v) is 9.52. The summed E-state index contributed by atoms with van der Waals surface area (Å²) in [6.07, 6.45) is 6.50. The maximum Gasteiger partial charge on any atom is 0.408 e. The number of nitrogens with one attached hydrogen (secondary N) is 1. The minimum absolute atomic E-state index is 0.136. The summed E-state index contributed by atoms with van der Waals surface area (Å²) in [6, 6.07) is 8.64. The maximum atomic E-state index is 13.5. The van der Waals surface area contributed by atoms with Gasteiger partial charge in [-0.05, 0) is 38.7 Å². The van der Waals surface area contributed by atoms with Crippen LogP contribution in [0.4, 0.5) is 4.79 Å². The Bertz CT molecular complexity index is 738. The summed E-state index contributed by atoms with van der Waals surface area (Å²) < 4.78 is 10.2. The molecule has 0 heterocycles. The first kappa shape index (κ1) is 25.7. The third-order valence-corrected chi connectivity index (χ3v) is 5.66. The van der Waals surface area contributed by atoms with Gasteiger partial charge < -0.3 is 19.7 Å². The minimum atomic E-state index is -0.844. The van der Waals surface area contributed by atoms with E-state index >= 15 is 0 Å². The molecule has 0 bridgehead atoms. The van der Waals surface area contributed by atoms with Crippen LogP contribution in [0.1, 0.15) is 64.9 Å². The maximum absolute atomic E-state index is 13.5. The van der Waals surface area contributed by atoms with Gasteiger partial charge in [0.05, 0.1) is 7.11 Å². The van der Waals surface area contributed by atoms with Crippen LogP contribution in [0.3, 0.4) is 0 Å². The topological polar surface area (TPSA) is 84.9 Å². The Balaban J connectivity index is 2.16. The minimum Gasteiger partial charge on any atom is -0.468 e. The molecule has 1 atom stereocenters. The van der Waals surface area contributed by atoms with Gasteiger partial charge >= 0.3 is 12.1 Å². The molecule has 1 aromatic rings. The summed E-state index contributed by atoms with van der Waals surface area (Å²) in [5.74, 6) is -0.221. The smallest absolute Gasteiger partial charge is 0.408 e. The van der Waals surface area contributed by atoms with Crippen molar-refractivity contribution in [2.24, 2.45) is 5.92 Å². The largest absolute Gasteiger partial charge is 0.468 e. The summed E-state index contributed by atoms with van der Waals surface area (Å²) in [5, 5.41) is 2.73. The van der Waals surface area contributed by atoms with Crippen LogP contribution in [0.5, 0.6) is 0 Å². The number of esters is 1. The molecule has 1 aliphatic carbocycles. The first-order valence-electron chi connectivity index (χ1n) is 11.6. The van der Waals surface area contributed by atoms with E-state index in [-0.39, 0.29) is 12.5 Å². The summed E-state index contributed by atoms with van der Waals surface area (Å²) in [7, 11) is 1.31. The zero-order valence-electron chi connectivity index (χ0n) is 19.9. The van der Waals surface area contributed by atoms with Crippen LogP contribution < -0.4 is 5.32 Å². The molecule has 0 aliphatic heterocycles. The van der Waals surface area contributed by atoms with Crippen LogP contribution >= 0.6 is 0 Å². The van der Waals surface area contributed by atoms with Gasteiger partial charge in [-0.25, -0.2) is 4.79 Å². The van der Waals surface area contributed by atoms with Crippen molar-refractivity contribution in [3.8, 4) is 0 Å². The van der Waals surface area contributed by atoms with Gasteiger partial charge in [0.15, 0.2) is 0 Å².